The van der Waals surface area contributed by atoms with E-state index in [9.17, 15) is 14.4 Å². The molecule has 0 radical (unpaired) electrons. The Bertz CT molecular complexity index is 1120. The zero-order chi connectivity index (χ0) is 21.6. The smallest absolute Gasteiger partial charge is 0.243 e. The summed E-state index contributed by atoms with van der Waals surface area (Å²) in [5, 5.41) is 0.654. The van der Waals surface area contributed by atoms with Gasteiger partial charge in [-0.3, -0.25) is 14.4 Å². The number of thioether (sulfide) groups is 1. The lowest BCUT2D eigenvalue weighted by atomic mass is 9.90. The molecule has 2 aromatic rings. The van der Waals surface area contributed by atoms with Gasteiger partial charge in [-0.25, -0.2) is 0 Å². The molecule has 0 aromatic heterocycles. The van der Waals surface area contributed by atoms with Crippen LogP contribution in [0.5, 0.6) is 0 Å². The summed E-state index contributed by atoms with van der Waals surface area (Å²) < 4.78 is 6.46. The first-order chi connectivity index (χ1) is 15.0. The van der Waals surface area contributed by atoms with Gasteiger partial charge in [0, 0.05) is 47.8 Å². The summed E-state index contributed by atoms with van der Waals surface area (Å²) in [5.41, 5.74) is 1.60. The average molecular weight is 454 g/mol. The molecular weight excluding hydrogens is 434 g/mol. The number of amides is 1. The Morgan fingerprint density at radius 3 is 2.39 bits per heavy atom. The molecule has 1 aliphatic carbocycles. The van der Waals surface area contributed by atoms with Crippen LogP contribution in [0.15, 0.2) is 53.4 Å². The quantitative estimate of drug-likeness (QED) is 0.639. The zero-order valence-electron chi connectivity index (χ0n) is 16.7. The van der Waals surface area contributed by atoms with Crippen LogP contribution in [0.2, 0.25) is 5.02 Å². The van der Waals surface area contributed by atoms with Crippen molar-refractivity contribution in [1.29, 1.82) is 0 Å². The predicted molar refractivity (Wildman–Crippen MR) is 120 cm³/mol. The summed E-state index contributed by atoms with van der Waals surface area (Å²) in [6, 6.07) is 14.4. The van der Waals surface area contributed by atoms with Gasteiger partial charge in [-0.1, -0.05) is 48.0 Å². The molecule has 5 nitrogen and oxygen atoms in total. The van der Waals surface area contributed by atoms with Crippen LogP contribution in [0, 0.1) is 0 Å². The van der Waals surface area contributed by atoms with E-state index in [0.29, 0.717) is 64.9 Å². The van der Waals surface area contributed by atoms with Gasteiger partial charge in [0.2, 0.25) is 17.5 Å². The number of likely N-dealkylation sites (tertiary alicyclic amines) is 1. The van der Waals surface area contributed by atoms with Gasteiger partial charge in [0.1, 0.15) is 16.3 Å². The molecule has 0 atom stereocenters. The van der Waals surface area contributed by atoms with Crippen molar-refractivity contribution in [3.8, 4) is 0 Å². The minimum Gasteiger partial charge on any atom is -0.484 e. The number of ketones is 2. The lowest BCUT2D eigenvalue weighted by molar-refractivity contribution is -0.134. The first-order valence-electron chi connectivity index (χ1n) is 10.2. The number of Topliss-reactive ketones (excluding diaryl/α,β-unsaturated/α-hetero) is 2. The molecule has 2 heterocycles. The summed E-state index contributed by atoms with van der Waals surface area (Å²) in [4.78, 5) is 40.0. The van der Waals surface area contributed by atoms with E-state index in [4.69, 9.17) is 16.3 Å². The molecule has 158 valence electrons. The highest BCUT2D eigenvalue weighted by molar-refractivity contribution is 8.04. The molecule has 2 aliphatic heterocycles. The van der Waals surface area contributed by atoms with Gasteiger partial charge in [-0.15, -0.1) is 11.8 Å². The van der Waals surface area contributed by atoms with E-state index >= 15 is 0 Å². The molecule has 1 amide bonds. The number of hydrogen-bond acceptors (Lipinski definition) is 5. The highest BCUT2D eigenvalue weighted by Gasteiger charge is 2.46. The fourth-order valence-electron chi connectivity index (χ4n) is 4.31. The van der Waals surface area contributed by atoms with Crippen molar-refractivity contribution in [3.63, 3.8) is 0 Å². The molecular formula is C24H20ClNO4S. The Morgan fingerprint density at radius 1 is 1.00 bits per heavy atom. The van der Waals surface area contributed by atoms with E-state index in [1.54, 1.807) is 24.3 Å². The minimum atomic E-state index is -0.482. The van der Waals surface area contributed by atoms with E-state index in [2.05, 4.69) is 0 Å². The maximum Gasteiger partial charge on any atom is 0.243 e. The van der Waals surface area contributed by atoms with E-state index in [-0.39, 0.29) is 5.91 Å². The van der Waals surface area contributed by atoms with E-state index in [1.807, 2.05) is 29.2 Å². The van der Waals surface area contributed by atoms with Gasteiger partial charge in [0.25, 0.3) is 0 Å². The number of hydrogen-bond donors (Lipinski definition) is 0. The second kappa shape index (κ2) is 7.84. The van der Waals surface area contributed by atoms with Crippen LogP contribution in [-0.4, -0.2) is 46.8 Å². The molecule has 0 unspecified atom stereocenters. The topological polar surface area (TPSA) is 63.7 Å². The minimum absolute atomic E-state index is 0.0873. The zero-order valence-corrected chi connectivity index (χ0v) is 18.3. The van der Waals surface area contributed by atoms with Crippen LogP contribution < -0.4 is 0 Å². The molecule has 3 aliphatic rings. The van der Waals surface area contributed by atoms with E-state index < -0.39 is 17.2 Å². The third-order valence-corrected chi connectivity index (χ3v) is 7.71. The van der Waals surface area contributed by atoms with Crippen LogP contribution in [0.3, 0.4) is 0 Å². The van der Waals surface area contributed by atoms with Crippen LogP contribution in [0.4, 0.5) is 0 Å². The number of rotatable bonds is 2. The number of halogens is 1. The second-order valence-electron chi connectivity index (χ2n) is 8.12. The average Bonchev–Trinajstić information content (AvgIpc) is 2.79. The number of ether oxygens (including phenoxy) is 1. The third kappa shape index (κ3) is 3.68. The van der Waals surface area contributed by atoms with Gasteiger partial charge in [0.15, 0.2) is 0 Å². The number of carbonyl (C=O) groups excluding carboxylic acids is 3. The molecule has 7 heteroatoms. The van der Waals surface area contributed by atoms with Crippen LogP contribution in [0.1, 0.15) is 34.3 Å². The molecule has 5 rings (SSSR count). The number of fused-ring (bicyclic) bond motifs is 2. The second-order valence-corrected chi connectivity index (χ2v) is 9.54. The summed E-state index contributed by atoms with van der Waals surface area (Å²) in [7, 11) is 0. The predicted octanol–water partition coefficient (Wildman–Crippen LogP) is 4.14. The standard InChI is InChI=1S/C24H20ClNO4S/c25-16-7-5-15(6-8-16)13-19(27)26-11-9-24(10-12-26)14-31-23-21(29)20(28)17-3-1-2-4-18(17)22(23)30-24/h1-8H,9-14H2. The van der Waals surface area contributed by atoms with E-state index in [1.165, 1.54) is 11.8 Å². The van der Waals surface area contributed by atoms with Crippen molar-refractivity contribution in [1.82, 2.24) is 4.90 Å². The largest absolute Gasteiger partial charge is 0.484 e. The summed E-state index contributed by atoms with van der Waals surface area (Å²) in [5.74, 6) is 0.265. The van der Waals surface area contributed by atoms with Crippen molar-refractivity contribution < 1.29 is 19.1 Å². The molecule has 0 N–H and O–H groups in total. The number of nitrogens with zero attached hydrogens (tertiary/aromatic N) is 1. The Morgan fingerprint density at radius 2 is 1.68 bits per heavy atom. The Hall–Kier alpha value is -2.57. The van der Waals surface area contributed by atoms with Gasteiger partial charge in [0.05, 0.1) is 6.42 Å². The lowest BCUT2D eigenvalue weighted by Crippen LogP contribution is -2.51. The van der Waals surface area contributed by atoms with Crippen molar-refractivity contribution in [2.24, 2.45) is 0 Å². The highest BCUT2D eigenvalue weighted by atomic mass is 35.5. The van der Waals surface area contributed by atoms with Gasteiger partial charge in [-0.2, -0.15) is 0 Å². The van der Waals surface area contributed by atoms with Crippen molar-refractivity contribution in [2.45, 2.75) is 24.9 Å². The summed E-state index contributed by atoms with van der Waals surface area (Å²) in [6.07, 6.45) is 1.72. The third-order valence-electron chi connectivity index (χ3n) is 6.13. The van der Waals surface area contributed by atoms with Gasteiger partial charge < -0.3 is 9.64 Å². The lowest BCUT2D eigenvalue weighted by Gasteiger charge is -2.45. The van der Waals surface area contributed by atoms with Crippen molar-refractivity contribution in [3.05, 3.63) is 75.1 Å². The van der Waals surface area contributed by atoms with Crippen LogP contribution >= 0.6 is 23.4 Å². The van der Waals surface area contributed by atoms with Gasteiger partial charge >= 0.3 is 0 Å². The summed E-state index contributed by atoms with van der Waals surface area (Å²) in [6.45, 7) is 1.20. The first-order valence-corrected chi connectivity index (χ1v) is 11.6. The normalized spacial score (nSPS) is 19.7. The fraction of sp³-hybridized carbons (Fsp3) is 0.292. The fourth-order valence-corrected chi connectivity index (χ4v) is 5.70. The van der Waals surface area contributed by atoms with Crippen molar-refractivity contribution in [2.75, 3.05) is 18.8 Å². The molecule has 0 bridgehead atoms. The Kier molecular flexibility index (Phi) is 5.15. The number of benzene rings is 2. The maximum absolute atomic E-state index is 12.7. The first kappa shape index (κ1) is 20.3. The van der Waals surface area contributed by atoms with Gasteiger partial charge in [-0.05, 0) is 17.7 Å². The highest BCUT2D eigenvalue weighted by Crippen LogP contribution is 2.47. The van der Waals surface area contributed by atoms with E-state index in [0.717, 1.165) is 5.56 Å². The van der Waals surface area contributed by atoms with Crippen LogP contribution in [0.25, 0.3) is 5.76 Å². The Balaban J connectivity index is 1.30. The molecule has 1 spiro atoms. The number of carbonyl (C=O) groups is 3. The molecule has 2 aromatic carbocycles. The molecule has 31 heavy (non-hydrogen) atoms. The number of allylic oxidation sites excluding steroid dienone is 1. The molecule has 1 saturated heterocycles. The monoisotopic (exact) mass is 453 g/mol. The summed E-state index contributed by atoms with van der Waals surface area (Å²) >= 11 is 7.33. The van der Waals surface area contributed by atoms with Crippen molar-refractivity contribution >= 4 is 46.6 Å². The SMILES string of the molecule is O=C1C(=O)c2ccccc2C2=C1SCC1(CCN(C(=O)Cc3ccc(Cl)cc3)CC1)O2. The molecule has 0 saturated carbocycles. The maximum atomic E-state index is 12.7. The number of piperidine rings is 1. The Labute approximate surface area is 189 Å². The molecule has 1 fully saturated rings. The van der Waals surface area contributed by atoms with Crippen LogP contribution in [-0.2, 0) is 20.7 Å².